The van der Waals surface area contributed by atoms with Gasteiger partial charge in [-0.25, -0.2) is 0 Å². The number of nitrogens with zero attached hydrogens (tertiary/aromatic N) is 1. The summed E-state index contributed by atoms with van der Waals surface area (Å²) >= 11 is 0. The number of ether oxygens (including phenoxy) is 1. The standard InChI is InChI=1S/C21H27NO4/c1-15(20(24)16-8-9-18(23)19(14-16)26-2)22-12-10-21(25,11-13-22)17-6-4-3-5-7-17/h3-9,14-15,20,23-25H,10-13H2,1-2H3/t15-,20?/m1/s1. The molecule has 0 amide bonds. The van der Waals surface area contributed by atoms with Crippen LogP contribution < -0.4 is 4.74 Å². The largest absolute Gasteiger partial charge is 0.504 e. The molecule has 1 heterocycles. The summed E-state index contributed by atoms with van der Waals surface area (Å²) in [5.74, 6) is 0.410. The molecule has 1 aliphatic rings. The second-order valence-electron chi connectivity index (χ2n) is 7.05. The van der Waals surface area contributed by atoms with Gasteiger partial charge in [-0.1, -0.05) is 36.4 Å². The number of hydrogen-bond donors (Lipinski definition) is 3. The Labute approximate surface area is 154 Å². The van der Waals surface area contributed by atoms with E-state index in [9.17, 15) is 15.3 Å². The minimum absolute atomic E-state index is 0.0574. The number of aliphatic hydroxyl groups excluding tert-OH is 1. The van der Waals surface area contributed by atoms with Crippen LogP contribution in [0, 0.1) is 0 Å². The van der Waals surface area contributed by atoms with Crippen molar-refractivity contribution in [3.8, 4) is 11.5 Å². The molecule has 0 aliphatic carbocycles. The van der Waals surface area contributed by atoms with Crippen LogP contribution in [0.15, 0.2) is 48.5 Å². The summed E-state index contributed by atoms with van der Waals surface area (Å²) in [5.41, 5.74) is 0.858. The lowest BCUT2D eigenvalue weighted by Crippen LogP contribution is -2.47. The molecule has 1 fully saturated rings. The number of likely N-dealkylation sites (tertiary alicyclic amines) is 1. The van der Waals surface area contributed by atoms with E-state index in [0.29, 0.717) is 37.2 Å². The summed E-state index contributed by atoms with van der Waals surface area (Å²) in [7, 11) is 1.49. The number of benzene rings is 2. The molecule has 140 valence electrons. The van der Waals surface area contributed by atoms with E-state index in [1.54, 1.807) is 12.1 Å². The van der Waals surface area contributed by atoms with Crippen LogP contribution in [-0.4, -0.2) is 46.5 Å². The van der Waals surface area contributed by atoms with Crippen molar-refractivity contribution in [1.29, 1.82) is 0 Å². The van der Waals surface area contributed by atoms with Gasteiger partial charge in [0.1, 0.15) is 0 Å². The molecule has 2 atom stereocenters. The lowest BCUT2D eigenvalue weighted by molar-refractivity contribution is -0.0501. The molecule has 0 radical (unpaired) electrons. The van der Waals surface area contributed by atoms with Crippen molar-refractivity contribution < 1.29 is 20.1 Å². The molecule has 0 bridgehead atoms. The number of methoxy groups -OCH3 is 1. The van der Waals surface area contributed by atoms with Gasteiger partial charge in [-0.05, 0) is 43.0 Å². The lowest BCUT2D eigenvalue weighted by atomic mass is 9.83. The summed E-state index contributed by atoms with van der Waals surface area (Å²) in [5, 5.41) is 31.4. The maximum Gasteiger partial charge on any atom is 0.160 e. The lowest BCUT2D eigenvalue weighted by Gasteiger charge is -2.42. The molecule has 2 aromatic rings. The average Bonchev–Trinajstić information content (AvgIpc) is 2.68. The minimum atomic E-state index is -0.801. The second-order valence-corrected chi connectivity index (χ2v) is 7.05. The Balaban J connectivity index is 1.67. The third-order valence-corrected chi connectivity index (χ3v) is 5.51. The van der Waals surface area contributed by atoms with Gasteiger partial charge in [-0.3, -0.25) is 4.90 Å². The monoisotopic (exact) mass is 357 g/mol. The summed E-state index contributed by atoms with van der Waals surface area (Å²) < 4.78 is 5.13. The van der Waals surface area contributed by atoms with E-state index in [4.69, 9.17) is 4.74 Å². The Morgan fingerprint density at radius 2 is 1.73 bits per heavy atom. The quantitative estimate of drug-likeness (QED) is 0.767. The van der Waals surface area contributed by atoms with Crippen LogP contribution in [0.25, 0.3) is 0 Å². The van der Waals surface area contributed by atoms with Crippen LogP contribution in [0.2, 0.25) is 0 Å². The smallest absolute Gasteiger partial charge is 0.160 e. The van der Waals surface area contributed by atoms with Gasteiger partial charge in [0, 0.05) is 19.1 Å². The molecular weight excluding hydrogens is 330 g/mol. The first kappa shape index (κ1) is 18.7. The summed E-state index contributed by atoms with van der Waals surface area (Å²) in [6, 6.07) is 14.6. The van der Waals surface area contributed by atoms with Gasteiger partial charge in [0.25, 0.3) is 0 Å². The zero-order valence-corrected chi connectivity index (χ0v) is 15.3. The second kappa shape index (κ2) is 7.66. The van der Waals surface area contributed by atoms with E-state index in [-0.39, 0.29) is 11.8 Å². The van der Waals surface area contributed by atoms with E-state index in [1.807, 2.05) is 37.3 Å². The molecule has 3 N–H and O–H groups in total. The van der Waals surface area contributed by atoms with Crippen molar-refractivity contribution in [2.75, 3.05) is 20.2 Å². The number of phenols is 1. The number of hydrogen-bond acceptors (Lipinski definition) is 5. The first-order valence-corrected chi connectivity index (χ1v) is 9.01. The van der Waals surface area contributed by atoms with Crippen LogP contribution in [0.4, 0.5) is 0 Å². The summed E-state index contributed by atoms with van der Waals surface area (Å²) in [6.45, 7) is 3.40. The van der Waals surface area contributed by atoms with Gasteiger partial charge in [0.2, 0.25) is 0 Å². The highest BCUT2D eigenvalue weighted by molar-refractivity contribution is 5.42. The Morgan fingerprint density at radius 1 is 1.08 bits per heavy atom. The van der Waals surface area contributed by atoms with E-state index in [2.05, 4.69) is 4.90 Å². The van der Waals surface area contributed by atoms with Crippen molar-refractivity contribution in [3.05, 3.63) is 59.7 Å². The highest BCUT2D eigenvalue weighted by atomic mass is 16.5. The van der Waals surface area contributed by atoms with E-state index >= 15 is 0 Å². The van der Waals surface area contributed by atoms with Crippen molar-refractivity contribution in [2.45, 2.75) is 37.5 Å². The highest BCUT2D eigenvalue weighted by Gasteiger charge is 2.36. The molecule has 3 rings (SSSR count). The first-order chi connectivity index (χ1) is 12.4. The van der Waals surface area contributed by atoms with Gasteiger partial charge in [-0.2, -0.15) is 0 Å². The molecule has 1 aliphatic heterocycles. The van der Waals surface area contributed by atoms with Crippen molar-refractivity contribution in [2.24, 2.45) is 0 Å². The predicted molar refractivity (Wildman–Crippen MR) is 100 cm³/mol. The molecule has 5 heteroatoms. The van der Waals surface area contributed by atoms with Gasteiger partial charge >= 0.3 is 0 Å². The van der Waals surface area contributed by atoms with Crippen LogP contribution in [-0.2, 0) is 5.60 Å². The number of aliphatic hydroxyl groups is 2. The number of rotatable bonds is 5. The molecule has 1 saturated heterocycles. The fraction of sp³-hybridized carbons (Fsp3) is 0.429. The fourth-order valence-corrected chi connectivity index (χ4v) is 3.69. The first-order valence-electron chi connectivity index (χ1n) is 9.01. The Bertz CT molecular complexity index is 726. The molecule has 5 nitrogen and oxygen atoms in total. The highest BCUT2D eigenvalue weighted by Crippen LogP contribution is 2.36. The van der Waals surface area contributed by atoms with Crippen molar-refractivity contribution >= 4 is 0 Å². The Hall–Kier alpha value is -2.08. The zero-order chi connectivity index (χ0) is 18.7. The van der Waals surface area contributed by atoms with Crippen LogP contribution in [0.5, 0.6) is 11.5 Å². The van der Waals surface area contributed by atoms with Crippen molar-refractivity contribution in [1.82, 2.24) is 4.90 Å². The third-order valence-electron chi connectivity index (χ3n) is 5.51. The summed E-state index contributed by atoms with van der Waals surface area (Å²) in [4.78, 5) is 2.20. The molecule has 1 unspecified atom stereocenters. The number of aromatic hydroxyl groups is 1. The molecule has 0 spiro atoms. The van der Waals surface area contributed by atoms with E-state index in [1.165, 1.54) is 13.2 Å². The van der Waals surface area contributed by atoms with Gasteiger partial charge in [-0.15, -0.1) is 0 Å². The van der Waals surface area contributed by atoms with E-state index in [0.717, 1.165) is 5.56 Å². The van der Waals surface area contributed by atoms with Crippen LogP contribution in [0.3, 0.4) is 0 Å². The maximum atomic E-state index is 11.0. The van der Waals surface area contributed by atoms with Gasteiger partial charge in [0.05, 0.1) is 18.8 Å². The molecule has 2 aromatic carbocycles. The normalized spacial score (nSPS) is 19.7. The molecule has 0 saturated carbocycles. The molecular formula is C21H27NO4. The average molecular weight is 357 g/mol. The topological polar surface area (TPSA) is 73.2 Å². The fourth-order valence-electron chi connectivity index (χ4n) is 3.69. The van der Waals surface area contributed by atoms with Crippen LogP contribution >= 0.6 is 0 Å². The SMILES string of the molecule is COc1cc(C(O)[C@@H](C)N2CCC(O)(c3ccccc3)CC2)ccc1O. The van der Waals surface area contributed by atoms with Gasteiger partial charge < -0.3 is 20.1 Å². The Kier molecular flexibility index (Phi) is 5.51. The van der Waals surface area contributed by atoms with Crippen LogP contribution in [0.1, 0.15) is 37.0 Å². The van der Waals surface area contributed by atoms with Crippen molar-refractivity contribution in [3.63, 3.8) is 0 Å². The minimum Gasteiger partial charge on any atom is -0.504 e. The Morgan fingerprint density at radius 3 is 2.35 bits per heavy atom. The molecule has 0 aromatic heterocycles. The zero-order valence-electron chi connectivity index (χ0n) is 15.3. The number of piperidine rings is 1. The maximum absolute atomic E-state index is 11.0. The molecule has 26 heavy (non-hydrogen) atoms. The van der Waals surface area contributed by atoms with E-state index < -0.39 is 11.7 Å². The number of phenolic OH excluding ortho intramolecular Hbond substituents is 1. The summed E-state index contributed by atoms with van der Waals surface area (Å²) in [6.07, 6.45) is 0.562. The predicted octanol–water partition coefficient (Wildman–Crippen LogP) is 2.81. The van der Waals surface area contributed by atoms with Gasteiger partial charge in [0.15, 0.2) is 11.5 Å². The third kappa shape index (κ3) is 3.70.